The minimum atomic E-state index is -0.168. The van der Waals surface area contributed by atoms with E-state index in [1.54, 1.807) is 13.8 Å². The number of methoxy groups -OCH3 is 1. The number of hydrogen-bond acceptors (Lipinski definition) is 6. The van der Waals surface area contributed by atoms with Gasteiger partial charge in [-0.25, -0.2) is 0 Å². The van der Waals surface area contributed by atoms with E-state index in [2.05, 4.69) is 9.80 Å². The van der Waals surface area contributed by atoms with Crippen LogP contribution in [0.2, 0.25) is 0 Å². The molecule has 3 aliphatic rings. The fourth-order valence-corrected chi connectivity index (χ4v) is 4.39. The second kappa shape index (κ2) is 5.93. The van der Waals surface area contributed by atoms with Gasteiger partial charge in [-0.1, -0.05) is 0 Å². The number of ketones is 3. The molecule has 3 rings (SSSR count). The largest absolute Gasteiger partial charge is 0.492 e. The normalized spacial score (nSPS) is 31.5. The molecule has 0 radical (unpaired) electrons. The van der Waals surface area contributed by atoms with Gasteiger partial charge in [-0.15, -0.1) is 0 Å². The topological polar surface area (TPSA) is 66.9 Å². The van der Waals surface area contributed by atoms with Gasteiger partial charge in [0.25, 0.3) is 0 Å². The minimum absolute atomic E-state index is 0.0602. The van der Waals surface area contributed by atoms with E-state index in [1.165, 1.54) is 7.11 Å². The number of nitrogens with zero attached hydrogens (tertiary/aromatic N) is 2. The van der Waals surface area contributed by atoms with Crippen molar-refractivity contribution in [3.63, 3.8) is 0 Å². The number of Topliss-reactive ketones (excluding diaryl/α,β-unsaturated/α-hetero) is 3. The Morgan fingerprint density at radius 1 is 1.25 bits per heavy atom. The summed E-state index contributed by atoms with van der Waals surface area (Å²) in [5.41, 5.74) is 1.59. The van der Waals surface area contributed by atoms with Crippen LogP contribution in [0.5, 0.6) is 0 Å². The first-order valence-electron chi connectivity index (χ1n) is 8.26. The standard InChI is InChI=1S/C18H24N2O4/c1-9(21)6-12-13-7-11-15(14(20(13)4)8-19(12)3)17(23)18(24-5)10(2)16(11)22/h12-14H,6-8H2,1-5H3/t12-,13-,14-/m0/s1. The molecule has 2 heterocycles. The van der Waals surface area contributed by atoms with Crippen LogP contribution in [0.4, 0.5) is 0 Å². The molecule has 0 amide bonds. The second-order valence-electron chi connectivity index (χ2n) is 7.07. The van der Waals surface area contributed by atoms with Crippen LogP contribution in [0.3, 0.4) is 0 Å². The summed E-state index contributed by atoms with van der Waals surface area (Å²) in [4.78, 5) is 41.6. The van der Waals surface area contributed by atoms with Crippen molar-refractivity contribution >= 4 is 17.3 Å². The van der Waals surface area contributed by atoms with Crippen molar-refractivity contribution in [1.82, 2.24) is 9.80 Å². The molecule has 0 unspecified atom stereocenters. The third kappa shape index (κ3) is 2.36. The van der Waals surface area contributed by atoms with Gasteiger partial charge in [-0.2, -0.15) is 0 Å². The van der Waals surface area contributed by atoms with Crippen molar-refractivity contribution in [3.8, 4) is 0 Å². The summed E-state index contributed by atoms with van der Waals surface area (Å²) in [6.45, 7) is 3.87. The molecule has 3 atom stereocenters. The summed E-state index contributed by atoms with van der Waals surface area (Å²) in [5.74, 6) is 0.0513. The number of likely N-dealkylation sites (N-methyl/N-ethyl adjacent to an activating group) is 2. The van der Waals surface area contributed by atoms with Crippen molar-refractivity contribution in [2.45, 2.75) is 44.8 Å². The highest BCUT2D eigenvalue weighted by molar-refractivity contribution is 6.25. The molecule has 1 aliphatic carbocycles. The molecule has 0 N–H and O–H groups in total. The Bertz CT molecular complexity index is 691. The van der Waals surface area contributed by atoms with Gasteiger partial charge in [-0.05, 0) is 34.4 Å². The first-order valence-corrected chi connectivity index (χ1v) is 8.26. The van der Waals surface area contributed by atoms with Crippen LogP contribution < -0.4 is 0 Å². The van der Waals surface area contributed by atoms with Crippen LogP contribution >= 0.6 is 0 Å². The number of rotatable bonds is 3. The van der Waals surface area contributed by atoms with Crippen molar-refractivity contribution in [3.05, 3.63) is 22.5 Å². The van der Waals surface area contributed by atoms with E-state index in [0.717, 1.165) is 0 Å². The highest BCUT2D eigenvalue weighted by Gasteiger charge is 2.49. The molecule has 1 saturated heterocycles. The predicted octanol–water partition coefficient (Wildman–Crippen LogP) is 0.721. The Kier molecular flexibility index (Phi) is 4.21. The monoisotopic (exact) mass is 332 g/mol. The molecule has 24 heavy (non-hydrogen) atoms. The van der Waals surface area contributed by atoms with Crippen molar-refractivity contribution in [1.29, 1.82) is 0 Å². The van der Waals surface area contributed by atoms with Gasteiger partial charge in [0.05, 0.1) is 13.2 Å². The molecule has 2 bridgehead atoms. The summed E-state index contributed by atoms with van der Waals surface area (Å²) in [5, 5.41) is 0. The zero-order valence-electron chi connectivity index (χ0n) is 14.9. The molecule has 0 aromatic heterocycles. The maximum Gasteiger partial charge on any atom is 0.225 e. The number of piperazine rings is 1. The lowest BCUT2D eigenvalue weighted by Gasteiger charge is -2.53. The van der Waals surface area contributed by atoms with Gasteiger partial charge in [0.2, 0.25) is 5.78 Å². The Hall–Kier alpha value is -1.79. The quantitative estimate of drug-likeness (QED) is 0.710. The third-order valence-corrected chi connectivity index (χ3v) is 5.66. The molecule has 0 aromatic rings. The molecule has 0 aromatic carbocycles. The second-order valence-corrected chi connectivity index (χ2v) is 7.07. The Morgan fingerprint density at radius 2 is 1.92 bits per heavy atom. The average Bonchev–Trinajstić information content (AvgIpc) is 2.51. The molecule has 6 heteroatoms. The molecular formula is C18H24N2O4. The van der Waals surface area contributed by atoms with Crippen LogP contribution in [-0.4, -0.2) is 73.0 Å². The Balaban J connectivity index is 2.05. The molecule has 0 saturated carbocycles. The van der Waals surface area contributed by atoms with E-state index in [1.807, 2.05) is 14.1 Å². The summed E-state index contributed by atoms with van der Waals surface area (Å²) >= 11 is 0. The maximum absolute atomic E-state index is 12.9. The lowest BCUT2D eigenvalue weighted by atomic mass is 9.74. The van der Waals surface area contributed by atoms with Crippen LogP contribution in [0, 0.1) is 0 Å². The fraction of sp³-hybridized carbons (Fsp3) is 0.611. The smallest absolute Gasteiger partial charge is 0.225 e. The zero-order chi connectivity index (χ0) is 17.8. The summed E-state index contributed by atoms with van der Waals surface area (Å²) in [6.07, 6.45) is 0.963. The summed E-state index contributed by atoms with van der Waals surface area (Å²) < 4.78 is 5.21. The number of ether oxygens (including phenoxy) is 1. The van der Waals surface area contributed by atoms with Gasteiger partial charge >= 0.3 is 0 Å². The van der Waals surface area contributed by atoms with Crippen LogP contribution in [-0.2, 0) is 19.1 Å². The van der Waals surface area contributed by atoms with Crippen molar-refractivity contribution < 1.29 is 19.1 Å². The van der Waals surface area contributed by atoms with Gasteiger partial charge < -0.3 is 4.74 Å². The van der Waals surface area contributed by atoms with Gasteiger partial charge in [0.15, 0.2) is 11.5 Å². The van der Waals surface area contributed by atoms with E-state index >= 15 is 0 Å². The van der Waals surface area contributed by atoms with Crippen LogP contribution in [0.15, 0.2) is 22.5 Å². The molecule has 1 fully saturated rings. The average molecular weight is 332 g/mol. The van der Waals surface area contributed by atoms with Gasteiger partial charge in [0.1, 0.15) is 5.78 Å². The van der Waals surface area contributed by atoms with E-state index in [4.69, 9.17) is 4.74 Å². The molecular weight excluding hydrogens is 308 g/mol. The molecule has 130 valence electrons. The molecule has 2 aliphatic heterocycles. The summed E-state index contributed by atoms with van der Waals surface area (Å²) in [6, 6.07) is -0.0134. The fourth-order valence-electron chi connectivity index (χ4n) is 4.39. The first-order chi connectivity index (χ1) is 11.3. The number of carbonyl (C=O) groups is 3. The lowest BCUT2D eigenvalue weighted by molar-refractivity contribution is -0.123. The van der Waals surface area contributed by atoms with E-state index in [-0.39, 0.29) is 41.2 Å². The van der Waals surface area contributed by atoms with E-state index in [9.17, 15) is 14.4 Å². The Labute approximate surface area is 142 Å². The maximum atomic E-state index is 12.9. The zero-order valence-corrected chi connectivity index (χ0v) is 14.9. The van der Waals surface area contributed by atoms with Crippen LogP contribution in [0.1, 0.15) is 26.7 Å². The number of allylic oxidation sites excluding steroid dienone is 2. The first kappa shape index (κ1) is 17.0. The van der Waals surface area contributed by atoms with E-state index < -0.39 is 0 Å². The molecule has 0 spiro atoms. The van der Waals surface area contributed by atoms with Crippen LogP contribution in [0.25, 0.3) is 0 Å². The third-order valence-electron chi connectivity index (χ3n) is 5.66. The number of fused-ring (bicyclic) bond motifs is 3. The minimum Gasteiger partial charge on any atom is -0.492 e. The van der Waals surface area contributed by atoms with E-state index in [0.29, 0.717) is 36.1 Å². The van der Waals surface area contributed by atoms with Crippen molar-refractivity contribution in [2.75, 3.05) is 27.7 Å². The van der Waals surface area contributed by atoms with Gasteiger partial charge in [-0.3, -0.25) is 24.2 Å². The highest BCUT2D eigenvalue weighted by atomic mass is 16.5. The lowest BCUT2D eigenvalue weighted by Crippen LogP contribution is -2.65. The Morgan fingerprint density at radius 3 is 2.50 bits per heavy atom. The van der Waals surface area contributed by atoms with Gasteiger partial charge in [0, 0.05) is 41.8 Å². The SMILES string of the molecule is COC1=C(C)C(=O)C2=C(C1=O)[C@@H]1CN(C)[C@@H](CC(C)=O)[C@H](C2)N1C. The summed E-state index contributed by atoms with van der Waals surface area (Å²) in [7, 11) is 5.40. The highest BCUT2D eigenvalue weighted by Crippen LogP contribution is 2.40. The molecule has 6 nitrogen and oxygen atoms in total. The number of hydrogen-bond donors (Lipinski definition) is 0. The predicted molar refractivity (Wildman–Crippen MR) is 88.4 cm³/mol. The van der Waals surface area contributed by atoms with Crippen molar-refractivity contribution in [2.24, 2.45) is 0 Å². The number of carbonyl (C=O) groups excluding carboxylic acids is 3.